The second-order valence-electron chi connectivity index (χ2n) is 5.14. The fourth-order valence-electron chi connectivity index (χ4n) is 2.49. The smallest absolute Gasteiger partial charge is 0.339 e. The highest BCUT2D eigenvalue weighted by Crippen LogP contribution is 2.35. The zero-order valence-corrected chi connectivity index (χ0v) is 14.4. The molecular formula is C17H18N2O7. The van der Waals surface area contributed by atoms with Crippen molar-refractivity contribution in [2.75, 3.05) is 26.6 Å². The number of methoxy groups -OCH3 is 3. The van der Waals surface area contributed by atoms with Gasteiger partial charge >= 0.3 is 5.97 Å². The van der Waals surface area contributed by atoms with Crippen molar-refractivity contribution in [1.29, 1.82) is 0 Å². The van der Waals surface area contributed by atoms with Gasteiger partial charge in [-0.05, 0) is 17.7 Å². The molecule has 0 aromatic heterocycles. The molecule has 0 spiro atoms. The number of rotatable bonds is 8. The summed E-state index contributed by atoms with van der Waals surface area (Å²) in [7, 11) is 4.20. The molecule has 0 atom stereocenters. The van der Waals surface area contributed by atoms with Crippen molar-refractivity contribution in [1.82, 2.24) is 0 Å². The summed E-state index contributed by atoms with van der Waals surface area (Å²) in [6.45, 7) is 0.0829. The second kappa shape index (κ2) is 8.06. The molecule has 2 N–H and O–H groups in total. The van der Waals surface area contributed by atoms with E-state index in [-0.39, 0.29) is 23.5 Å². The largest absolute Gasteiger partial charge is 0.495 e. The molecule has 9 nitrogen and oxygen atoms in total. The number of nitro benzene ring substituents is 1. The molecular weight excluding hydrogens is 344 g/mol. The first-order chi connectivity index (χ1) is 12.4. The number of nitrogens with zero attached hydrogens (tertiary/aromatic N) is 1. The Hall–Kier alpha value is -3.49. The highest BCUT2D eigenvalue weighted by atomic mass is 16.6. The monoisotopic (exact) mass is 362 g/mol. The topological polar surface area (TPSA) is 120 Å². The van der Waals surface area contributed by atoms with Gasteiger partial charge in [0.25, 0.3) is 5.69 Å². The molecule has 0 saturated heterocycles. The summed E-state index contributed by atoms with van der Waals surface area (Å²) in [5, 5.41) is 23.5. The maximum Gasteiger partial charge on any atom is 0.339 e. The number of ether oxygens (including phenoxy) is 3. The molecule has 0 aliphatic carbocycles. The Balaban J connectivity index is 2.39. The Morgan fingerprint density at radius 3 is 2.31 bits per heavy atom. The van der Waals surface area contributed by atoms with Gasteiger partial charge in [-0.25, -0.2) is 4.79 Å². The van der Waals surface area contributed by atoms with E-state index in [0.29, 0.717) is 22.7 Å². The first-order valence-electron chi connectivity index (χ1n) is 7.46. The SMILES string of the molecule is COc1ccc([N+](=O)[O-])cc1NCc1ccc(OC)c(OC)c1C(=O)O. The van der Waals surface area contributed by atoms with Crippen molar-refractivity contribution in [2.24, 2.45) is 0 Å². The lowest BCUT2D eigenvalue weighted by Gasteiger charge is -2.16. The predicted octanol–water partition coefficient (Wildman–Crippen LogP) is 2.93. The van der Waals surface area contributed by atoms with E-state index < -0.39 is 10.9 Å². The van der Waals surface area contributed by atoms with Crippen LogP contribution in [-0.4, -0.2) is 37.3 Å². The average Bonchev–Trinajstić information content (AvgIpc) is 2.64. The first-order valence-corrected chi connectivity index (χ1v) is 7.46. The zero-order valence-electron chi connectivity index (χ0n) is 14.4. The summed E-state index contributed by atoms with van der Waals surface area (Å²) in [5.74, 6) is -0.386. The number of carboxylic acids is 1. The van der Waals surface area contributed by atoms with Crippen LogP contribution in [0.3, 0.4) is 0 Å². The van der Waals surface area contributed by atoms with Crippen LogP contribution in [0.4, 0.5) is 11.4 Å². The Kier molecular flexibility index (Phi) is 5.84. The van der Waals surface area contributed by atoms with E-state index in [1.807, 2.05) is 0 Å². The fraction of sp³-hybridized carbons (Fsp3) is 0.235. The highest BCUT2D eigenvalue weighted by Gasteiger charge is 2.21. The lowest BCUT2D eigenvalue weighted by Crippen LogP contribution is -2.10. The van der Waals surface area contributed by atoms with E-state index in [1.54, 1.807) is 12.1 Å². The molecule has 2 rings (SSSR count). The number of nitrogens with one attached hydrogen (secondary N) is 1. The normalized spacial score (nSPS) is 10.1. The summed E-state index contributed by atoms with van der Waals surface area (Å²) in [4.78, 5) is 22.1. The Morgan fingerprint density at radius 2 is 1.77 bits per heavy atom. The summed E-state index contributed by atoms with van der Waals surface area (Å²) in [6, 6.07) is 7.28. The summed E-state index contributed by atoms with van der Waals surface area (Å²) in [6.07, 6.45) is 0. The van der Waals surface area contributed by atoms with Gasteiger partial charge in [-0.3, -0.25) is 10.1 Å². The third-order valence-corrected chi connectivity index (χ3v) is 3.71. The lowest BCUT2D eigenvalue weighted by atomic mass is 10.1. The lowest BCUT2D eigenvalue weighted by molar-refractivity contribution is -0.384. The molecule has 0 radical (unpaired) electrons. The molecule has 138 valence electrons. The molecule has 0 unspecified atom stereocenters. The van der Waals surface area contributed by atoms with E-state index in [9.17, 15) is 20.0 Å². The van der Waals surface area contributed by atoms with Gasteiger partial charge in [0, 0.05) is 18.7 Å². The summed E-state index contributed by atoms with van der Waals surface area (Å²) in [5.41, 5.74) is 0.624. The molecule has 26 heavy (non-hydrogen) atoms. The van der Waals surface area contributed by atoms with Crippen LogP contribution in [0.1, 0.15) is 15.9 Å². The van der Waals surface area contributed by atoms with Crippen LogP contribution in [-0.2, 0) is 6.54 Å². The van der Waals surface area contributed by atoms with E-state index in [4.69, 9.17) is 14.2 Å². The van der Waals surface area contributed by atoms with Gasteiger partial charge in [-0.1, -0.05) is 6.07 Å². The van der Waals surface area contributed by atoms with Crippen LogP contribution in [0.2, 0.25) is 0 Å². The third kappa shape index (κ3) is 3.77. The van der Waals surface area contributed by atoms with E-state index in [1.165, 1.54) is 39.5 Å². The summed E-state index contributed by atoms with van der Waals surface area (Å²) >= 11 is 0. The maximum atomic E-state index is 11.7. The van der Waals surface area contributed by atoms with Crippen molar-refractivity contribution in [3.8, 4) is 17.2 Å². The van der Waals surface area contributed by atoms with Gasteiger partial charge in [0.05, 0.1) is 31.9 Å². The fourth-order valence-corrected chi connectivity index (χ4v) is 2.49. The minimum atomic E-state index is -1.18. The van der Waals surface area contributed by atoms with Gasteiger partial charge in [0.2, 0.25) is 0 Å². The van der Waals surface area contributed by atoms with E-state index in [0.717, 1.165) is 0 Å². The number of benzene rings is 2. The number of nitro groups is 1. The maximum absolute atomic E-state index is 11.7. The minimum absolute atomic E-state index is 0.0521. The zero-order chi connectivity index (χ0) is 19.3. The van der Waals surface area contributed by atoms with Crippen molar-refractivity contribution in [3.63, 3.8) is 0 Å². The van der Waals surface area contributed by atoms with Gasteiger partial charge in [-0.2, -0.15) is 0 Å². The number of hydrogen-bond acceptors (Lipinski definition) is 7. The van der Waals surface area contributed by atoms with Crippen LogP contribution in [0.5, 0.6) is 17.2 Å². The van der Waals surface area contributed by atoms with Crippen LogP contribution < -0.4 is 19.5 Å². The molecule has 2 aromatic carbocycles. The average molecular weight is 362 g/mol. The Bertz CT molecular complexity index is 836. The minimum Gasteiger partial charge on any atom is -0.495 e. The van der Waals surface area contributed by atoms with E-state index >= 15 is 0 Å². The number of non-ortho nitro benzene ring substituents is 1. The van der Waals surface area contributed by atoms with Crippen molar-refractivity contribution in [3.05, 3.63) is 51.6 Å². The van der Waals surface area contributed by atoms with E-state index in [2.05, 4.69) is 5.32 Å². The number of carbonyl (C=O) groups is 1. The molecule has 0 heterocycles. The summed E-state index contributed by atoms with van der Waals surface area (Å²) < 4.78 is 15.5. The van der Waals surface area contributed by atoms with Gasteiger partial charge in [-0.15, -0.1) is 0 Å². The second-order valence-corrected chi connectivity index (χ2v) is 5.14. The standard InChI is InChI=1S/C17H18N2O7/c1-24-13-7-5-11(19(22)23)8-12(13)18-9-10-4-6-14(25-2)16(26-3)15(10)17(20)21/h4-8,18H,9H2,1-3H3,(H,20,21). The predicted molar refractivity (Wildman–Crippen MR) is 93.5 cm³/mol. The molecule has 9 heteroatoms. The first kappa shape index (κ1) is 18.8. The van der Waals surface area contributed by atoms with Crippen molar-refractivity contribution in [2.45, 2.75) is 6.54 Å². The molecule has 0 fully saturated rings. The van der Waals surface area contributed by atoms with Gasteiger partial charge in [0.15, 0.2) is 11.5 Å². The quantitative estimate of drug-likeness (QED) is 0.543. The molecule has 0 amide bonds. The number of aromatic carboxylic acids is 1. The number of anilines is 1. The van der Waals surface area contributed by atoms with Crippen LogP contribution >= 0.6 is 0 Å². The molecule has 2 aromatic rings. The highest BCUT2D eigenvalue weighted by molar-refractivity contribution is 5.94. The third-order valence-electron chi connectivity index (χ3n) is 3.71. The van der Waals surface area contributed by atoms with Gasteiger partial charge in [0.1, 0.15) is 11.3 Å². The van der Waals surface area contributed by atoms with Crippen LogP contribution in [0, 0.1) is 10.1 Å². The Labute approximate surface area is 149 Å². The van der Waals surface area contributed by atoms with Crippen LogP contribution in [0.15, 0.2) is 30.3 Å². The molecule has 0 saturated carbocycles. The number of carboxylic acid groups (broad SMARTS) is 1. The number of hydrogen-bond donors (Lipinski definition) is 2. The van der Waals surface area contributed by atoms with Crippen molar-refractivity contribution >= 4 is 17.3 Å². The molecule has 0 aliphatic heterocycles. The van der Waals surface area contributed by atoms with Crippen LogP contribution in [0.25, 0.3) is 0 Å². The molecule has 0 bridgehead atoms. The van der Waals surface area contributed by atoms with Gasteiger partial charge < -0.3 is 24.6 Å². The molecule has 0 aliphatic rings. The Morgan fingerprint density at radius 1 is 1.12 bits per heavy atom. The van der Waals surface area contributed by atoms with Crippen molar-refractivity contribution < 1.29 is 29.0 Å².